The number of benzene rings is 1. The van der Waals surface area contributed by atoms with Crippen molar-refractivity contribution in [1.82, 2.24) is 4.31 Å². The van der Waals surface area contributed by atoms with Gasteiger partial charge in [-0.3, -0.25) is 9.52 Å². The third kappa shape index (κ3) is 4.38. The smallest absolute Gasteiger partial charge is 0.416 e. The molecule has 2 N–H and O–H groups in total. The average molecular weight is 312 g/mol. The summed E-state index contributed by atoms with van der Waals surface area (Å²) in [6.07, 6.45) is -4.52. The van der Waals surface area contributed by atoms with Gasteiger partial charge in [0.15, 0.2) is 0 Å². The number of alkyl halides is 3. The molecule has 0 heterocycles. The van der Waals surface area contributed by atoms with Crippen LogP contribution in [0.4, 0.5) is 18.9 Å². The van der Waals surface area contributed by atoms with Gasteiger partial charge in [-0.2, -0.15) is 25.9 Å². The van der Waals surface area contributed by atoms with E-state index in [1.165, 1.54) is 0 Å². The maximum absolute atomic E-state index is 12.3. The molecular formula is C10H11F3N2O4S. The second kappa shape index (κ2) is 5.67. The van der Waals surface area contributed by atoms with Crippen molar-refractivity contribution >= 4 is 21.9 Å². The van der Waals surface area contributed by atoms with Crippen molar-refractivity contribution in [2.45, 2.75) is 6.18 Å². The maximum Gasteiger partial charge on any atom is 0.416 e. The van der Waals surface area contributed by atoms with Gasteiger partial charge in [0, 0.05) is 12.7 Å². The van der Waals surface area contributed by atoms with Crippen LogP contribution in [0.15, 0.2) is 24.3 Å². The second-order valence-electron chi connectivity index (χ2n) is 3.83. The number of carbonyl (C=O) groups is 1. The fraction of sp³-hybridized carbons (Fsp3) is 0.300. The molecular weight excluding hydrogens is 301 g/mol. The summed E-state index contributed by atoms with van der Waals surface area (Å²) < 4.78 is 62.7. The first kappa shape index (κ1) is 16.2. The van der Waals surface area contributed by atoms with Gasteiger partial charge < -0.3 is 5.11 Å². The third-order valence-electron chi connectivity index (χ3n) is 2.23. The molecule has 0 saturated carbocycles. The van der Waals surface area contributed by atoms with E-state index in [1.807, 2.05) is 4.72 Å². The number of halogens is 3. The molecule has 0 fully saturated rings. The lowest BCUT2D eigenvalue weighted by Crippen LogP contribution is -2.36. The van der Waals surface area contributed by atoms with E-state index in [4.69, 9.17) is 5.11 Å². The lowest BCUT2D eigenvalue weighted by atomic mass is 10.2. The van der Waals surface area contributed by atoms with Crippen molar-refractivity contribution in [2.24, 2.45) is 0 Å². The minimum atomic E-state index is -4.52. The number of nitrogens with one attached hydrogen (secondary N) is 1. The first-order valence-electron chi connectivity index (χ1n) is 5.15. The zero-order valence-corrected chi connectivity index (χ0v) is 11.0. The molecule has 0 aliphatic heterocycles. The van der Waals surface area contributed by atoms with Gasteiger partial charge in [0.25, 0.3) is 0 Å². The Labute approximate surface area is 113 Å². The second-order valence-corrected chi connectivity index (χ2v) is 5.61. The molecule has 10 heteroatoms. The Hall–Kier alpha value is -1.81. The molecule has 1 rings (SSSR count). The van der Waals surface area contributed by atoms with Crippen molar-refractivity contribution in [1.29, 1.82) is 0 Å². The molecule has 1 aromatic carbocycles. The molecule has 6 nitrogen and oxygen atoms in total. The predicted octanol–water partition coefficient (Wildman–Crippen LogP) is 1.38. The van der Waals surface area contributed by atoms with E-state index in [1.54, 1.807) is 0 Å². The monoisotopic (exact) mass is 312 g/mol. The number of aliphatic carboxylic acids is 1. The lowest BCUT2D eigenvalue weighted by molar-refractivity contribution is -0.138. The number of carboxylic acids is 1. The van der Waals surface area contributed by atoms with Gasteiger partial charge in [-0.1, -0.05) is 0 Å². The minimum Gasteiger partial charge on any atom is -0.480 e. The molecule has 0 saturated heterocycles. The molecule has 0 spiro atoms. The molecule has 0 aliphatic rings. The van der Waals surface area contributed by atoms with Crippen LogP contribution in [0.3, 0.4) is 0 Å². The van der Waals surface area contributed by atoms with Crippen molar-refractivity contribution in [2.75, 3.05) is 18.3 Å². The van der Waals surface area contributed by atoms with Crippen LogP contribution in [0.5, 0.6) is 0 Å². The summed E-state index contributed by atoms with van der Waals surface area (Å²) in [7, 11) is -3.11. The van der Waals surface area contributed by atoms with Gasteiger partial charge in [-0.25, -0.2) is 0 Å². The summed E-state index contributed by atoms with van der Waals surface area (Å²) in [6.45, 7) is -0.768. The molecule has 0 atom stereocenters. The largest absolute Gasteiger partial charge is 0.480 e. The number of nitrogens with zero attached hydrogens (tertiary/aromatic N) is 1. The highest BCUT2D eigenvalue weighted by atomic mass is 32.2. The van der Waals surface area contributed by atoms with Crippen molar-refractivity contribution < 1.29 is 31.5 Å². The van der Waals surface area contributed by atoms with Gasteiger partial charge in [0.05, 0.1) is 5.56 Å². The molecule has 0 bridgehead atoms. The van der Waals surface area contributed by atoms with E-state index in [9.17, 15) is 26.4 Å². The summed E-state index contributed by atoms with van der Waals surface area (Å²) in [5.41, 5.74) is -1.02. The van der Waals surface area contributed by atoms with Gasteiger partial charge in [-0.05, 0) is 24.3 Å². The van der Waals surface area contributed by atoms with Crippen molar-refractivity contribution in [3.05, 3.63) is 29.8 Å². The molecule has 1 aromatic rings. The van der Waals surface area contributed by atoms with Crippen LogP contribution in [0.1, 0.15) is 5.56 Å². The van der Waals surface area contributed by atoms with Crippen LogP contribution < -0.4 is 4.72 Å². The Morgan fingerprint density at radius 1 is 1.30 bits per heavy atom. The zero-order valence-electron chi connectivity index (χ0n) is 10.2. The Kier molecular flexibility index (Phi) is 4.61. The average Bonchev–Trinajstić information content (AvgIpc) is 2.26. The van der Waals surface area contributed by atoms with Crippen LogP contribution in [0, 0.1) is 0 Å². The number of likely N-dealkylation sites (N-methyl/N-ethyl adjacent to an activating group) is 1. The maximum atomic E-state index is 12.3. The highest BCUT2D eigenvalue weighted by molar-refractivity contribution is 7.90. The molecule has 0 amide bonds. The van der Waals surface area contributed by atoms with E-state index >= 15 is 0 Å². The molecule has 112 valence electrons. The summed E-state index contributed by atoms with van der Waals surface area (Å²) >= 11 is 0. The summed E-state index contributed by atoms with van der Waals surface area (Å²) in [4.78, 5) is 10.4. The molecule has 20 heavy (non-hydrogen) atoms. The van der Waals surface area contributed by atoms with E-state index < -0.39 is 34.5 Å². The third-order valence-corrected chi connectivity index (χ3v) is 3.67. The fourth-order valence-corrected chi connectivity index (χ4v) is 2.10. The fourth-order valence-electron chi connectivity index (χ4n) is 1.23. The quantitative estimate of drug-likeness (QED) is 0.860. The molecule has 0 aromatic heterocycles. The van der Waals surface area contributed by atoms with E-state index in [2.05, 4.69) is 0 Å². The Morgan fingerprint density at radius 3 is 2.20 bits per heavy atom. The Balaban J connectivity index is 2.86. The number of carboxylic acid groups (broad SMARTS) is 1. The van der Waals surface area contributed by atoms with Gasteiger partial charge >= 0.3 is 22.4 Å². The Bertz CT molecular complexity index is 584. The zero-order chi connectivity index (χ0) is 15.6. The van der Waals surface area contributed by atoms with Gasteiger partial charge in [0.2, 0.25) is 0 Å². The highest BCUT2D eigenvalue weighted by Crippen LogP contribution is 2.29. The number of anilines is 1. The van der Waals surface area contributed by atoms with Crippen LogP contribution in [-0.4, -0.2) is 37.4 Å². The van der Waals surface area contributed by atoms with E-state index in [-0.39, 0.29) is 5.69 Å². The number of rotatable bonds is 5. The van der Waals surface area contributed by atoms with Crippen LogP contribution >= 0.6 is 0 Å². The summed E-state index contributed by atoms with van der Waals surface area (Å²) in [6, 6.07) is 3.31. The number of hydrogen-bond donors (Lipinski definition) is 2. The van der Waals surface area contributed by atoms with Crippen LogP contribution in [0.25, 0.3) is 0 Å². The van der Waals surface area contributed by atoms with Gasteiger partial charge in [0.1, 0.15) is 6.54 Å². The SMILES string of the molecule is CN(CC(=O)O)S(=O)(=O)Nc1ccc(C(F)(F)F)cc1. The molecule has 0 aliphatic carbocycles. The highest BCUT2D eigenvalue weighted by Gasteiger charge is 2.30. The van der Waals surface area contributed by atoms with E-state index in [0.29, 0.717) is 4.31 Å². The standard InChI is InChI=1S/C10H11F3N2O4S/c1-15(6-9(16)17)20(18,19)14-8-4-2-7(3-5-8)10(11,12)13/h2-5,14H,6H2,1H3,(H,16,17). The summed E-state index contributed by atoms with van der Waals surface area (Å²) in [5, 5.41) is 8.48. The first-order valence-corrected chi connectivity index (χ1v) is 6.59. The van der Waals surface area contributed by atoms with Crippen molar-refractivity contribution in [3.8, 4) is 0 Å². The van der Waals surface area contributed by atoms with Crippen molar-refractivity contribution in [3.63, 3.8) is 0 Å². The molecule has 0 radical (unpaired) electrons. The number of hydrogen-bond acceptors (Lipinski definition) is 3. The van der Waals surface area contributed by atoms with E-state index in [0.717, 1.165) is 31.3 Å². The topological polar surface area (TPSA) is 86.7 Å². The normalized spacial score (nSPS) is 12.4. The van der Waals surface area contributed by atoms with Crippen LogP contribution in [-0.2, 0) is 21.2 Å². The lowest BCUT2D eigenvalue weighted by Gasteiger charge is -2.16. The Morgan fingerprint density at radius 2 is 1.80 bits per heavy atom. The summed E-state index contributed by atoms with van der Waals surface area (Å²) in [5.74, 6) is -1.36. The minimum absolute atomic E-state index is 0.102. The van der Waals surface area contributed by atoms with Crippen LogP contribution in [0.2, 0.25) is 0 Å². The first-order chi connectivity index (χ1) is 9.02. The predicted molar refractivity (Wildman–Crippen MR) is 64.3 cm³/mol. The van der Waals surface area contributed by atoms with Gasteiger partial charge in [-0.15, -0.1) is 0 Å². The molecule has 0 unspecified atom stereocenters.